The predicted octanol–water partition coefficient (Wildman–Crippen LogP) is 2.05. The molecule has 0 radical (unpaired) electrons. The molecule has 0 bridgehead atoms. The van der Waals surface area contributed by atoms with E-state index in [0.717, 1.165) is 25.3 Å². The second kappa shape index (κ2) is 7.05. The summed E-state index contributed by atoms with van der Waals surface area (Å²) < 4.78 is 5.52. The Kier molecular flexibility index (Phi) is 4.87. The van der Waals surface area contributed by atoms with Crippen molar-refractivity contribution >= 4 is 11.7 Å². The Labute approximate surface area is 131 Å². The third kappa shape index (κ3) is 3.94. The number of aromatic nitrogens is 2. The van der Waals surface area contributed by atoms with Crippen molar-refractivity contribution in [2.45, 2.75) is 57.6 Å². The molecule has 1 aromatic rings. The normalized spacial score (nSPS) is 22.0. The molecule has 2 N–H and O–H groups in total. The first kappa shape index (κ1) is 15.2. The van der Waals surface area contributed by atoms with Gasteiger partial charge in [-0.3, -0.25) is 4.79 Å². The smallest absolute Gasteiger partial charge is 0.270 e. The Hall–Kier alpha value is -1.69. The number of nitrogens with zero attached hydrogens (tertiary/aromatic N) is 2. The molecule has 2 heterocycles. The fourth-order valence-electron chi connectivity index (χ4n) is 3.14. The molecule has 120 valence electrons. The van der Waals surface area contributed by atoms with Crippen molar-refractivity contribution in [3.8, 4) is 0 Å². The molecule has 3 rings (SSSR count). The van der Waals surface area contributed by atoms with Crippen LogP contribution in [0.5, 0.6) is 0 Å². The lowest BCUT2D eigenvalue weighted by Crippen LogP contribution is -2.32. The van der Waals surface area contributed by atoms with Crippen LogP contribution in [0.4, 0.5) is 5.82 Å². The van der Waals surface area contributed by atoms with Crippen LogP contribution in [-0.4, -0.2) is 41.2 Å². The van der Waals surface area contributed by atoms with Gasteiger partial charge in [-0.1, -0.05) is 12.8 Å². The highest BCUT2D eigenvalue weighted by atomic mass is 16.5. The highest BCUT2D eigenvalue weighted by Crippen LogP contribution is 2.21. The van der Waals surface area contributed by atoms with Crippen LogP contribution >= 0.6 is 0 Å². The summed E-state index contributed by atoms with van der Waals surface area (Å²) in [4.78, 5) is 20.9. The first-order valence-corrected chi connectivity index (χ1v) is 8.23. The van der Waals surface area contributed by atoms with Crippen molar-refractivity contribution in [1.29, 1.82) is 0 Å². The van der Waals surface area contributed by atoms with Crippen molar-refractivity contribution in [2.75, 3.05) is 18.5 Å². The van der Waals surface area contributed by atoms with E-state index in [1.54, 1.807) is 6.07 Å². The zero-order chi connectivity index (χ0) is 15.4. The number of anilines is 1. The van der Waals surface area contributed by atoms with E-state index in [1.165, 1.54) is 25.7 Å². The van der Waals surface area contributed by atoms with Gasteiger partial charge in [-0.25, -0.2) is 9.97 Å². The quantitative estimate of drug-likeness (QED) is 0.870. The molecule has 1 atom stereocenters. The topological polar surface area (TPSA) is 76.1 Å². The van der Waals surface area contributed by atoms with E-state index < -0.39 is 0 Å². The van der Waals surface area contributed by atoms with Gasteiger partial charge in [0.2, 0.25) is 0 Å². The minimum Gasteiger partial charge on any atom is -0.376 e. The van der Waals surface area contributed by atoms with Gasteiger partial charge in [-0.15, -0.1) is 0 Å². The van der Waals surface area contributed by atoms with Crippen molar-refractivity contribution in [1.82, 2.24) is 15.3 Å². The summed E-state index contributed by atoms with van der Waals surface area (Å²) >= 11 is 0. The molecule has 0 aromatic carbocycles. The molecule has 0 spiro atoms. The molecule has 1 saturated heterocycles. The lowest BCUT2D eigenvalue weighted by Gasteiger charge is -2.14. The second-order valence-corrected chi connectivity index (χ2v) is 6.16. The molecule has 6 heteroatoms. The van der Waals surface area contributed by atoms with Crippen molar-refractivity contribution in [2.24, 2.45) is 0 Å². The van der Waals surface area contributed by atoms with Gasteiger partial charge < -0.3 is 15.4 Å². The van der Waals surface area contributed by atoms with E-state index in [-0.39, 0.29) is 12.0 Å². The Balaban J connectivity index is 1.61. The minimum absolute atomic E-state index is 0.142. The van der Waals surface area contributed by atoms with Gasteiger partial charge >= 0.3 is 0 Å². The first-order chi connectivity index (χ1) is 10.7. The molecule has 22 heavy (non-hydrogen) atoms. The van der Waals surface area contributed by atoms with E-state index in [2.05, 4.69) is 20.6 Å². The van der Waals surface area contributed by atoms with E-state index in [4.69, 9.17) is 4.74 Å². The van der Waals surface area contributed by atoms with Crippen LogP contribution in [-0.2, 0) is 4.74 Å². The zero-order valence-corrected chi connectivity index (χ0v) is 13.1. The summed E-state index contributed by atoms with van der Waals surface area (Å²) in [5.41, 5.74) is 0.422. The molecule has 1 amide bonds. The van der Waals surface area contributed by atoms with E-state index in [0.29, 0.717) is 24.1 Å². The van der Waals surface area contributed by atoms with Crippen LogP contribution in [0.25, 0.3) is 0 Å². The molecule has 2 fully saturated rings. The Bertz CT molecular complexity index is 523. The number of ether oxygens (including phenoxy) is 1. The summed E-state index contributed by atoms with van der Waals surface area (Å²) in [6.07, 6.45) is 7.09. The Morgan fingerprint density at radius 2 is 2.09 bits per heavy atom. The van der Waals surface area contributed by atoms with E-state index >= 15 is 0 Å². The lowest BCUT2D eigenvalue weighted by atomic mass is 10.2. The number of rotatable bonds is 5. The average Bonchev–Trinajstić information content (AvgIpc) is 3.17. The molecule has 6 nitrogen and oxygen atoms in total. The molecular weight excluding hydrogens is 280 g/mol. The summed E-state index contributed by atoms with van der Waals surface area (Å²) in [7, 11) is 0. The summed E-state index contributed by atoms with van der Waals surface area (Å²) in [5, 5.41) is 6.33. The van der Waals surface area contributed by atoms with E-state index in [1.807, 2.05) is 6.92 Å². The maximum atomic E-state index is 12.3. The fourth-order valence-corrected chi connectivity index (χ4v) is 3.14. The predicted molar refractivity (Wildman–Crippen MR) is 84.0 cm³/mol. The average molecular weight is 304 g/mol. The monoisotopic (exact) mass is 304 g/mol. The van der Waals surface area contributed by atoms with Gasteiger partial charge in [0, 0.05) is 25.3 Å². The third-order valence-corrected chi connectivity index (χ3v) is 4.29. The fraction of sp³-hybridized carbons (Fsp3) is 0.688. The Morgan fingerprint density at radius 3 is 2.82 bits per heavy atom. The number of carbonyl (C=O) groups excluding carboxylic acids is 1. The molecule has 1 unspecified atom stereocenters. The van der Waals surface area contributed by atoms with Gasteiger partial charge in [-0.05, 0) is 32.6 Å². The largest absolute Gasteiger partial charge is 0.376 e. The molecule has 1 saturated carbocycles. The van der Waals surface area contributed by atoms with Crippen LogP contribution in [0, 0.1) is 6.92 Å². The van der Waals surface area contributed by atoms with Gasteiger partial charge in [0.15, 0.2) is 0 Å². The molecule has 1 aliphatic carbocycles. The number of amides is 1. The van der Waals surface area contributed by atoms with Crippen LogP contribution in [0.3, 0.4) is 0 Å². The maximum Gasteiger partial charge on any atom is 0.270 e. The number of nitrogens with one attached hydrogen (secondary N) is 2. The van der Waals surface area contributed by atoms with Crippen LogP contribution in [0.2, 0.25) is 0 Å². The molecular formula is C16H24N4O2. The number of hydrogen-bond donors (Lipinski definition) is 2. The summed E-state index contributed by atoms with van der Waals surface area (Å²) in [6.45, 7) is 3.16. The van der Waals surface area contributed by atoms with E-state index in [9.17, 15) is 4.79 Å². The lowest BCUT2D eigenvalue weighted by molar-refractivity contribution is 0.0853. The number of carbonyl (C=O) groups is 1. The SMILES string of the molecule is Cc1nc(NC2CCCC2)cc(C(=O)NCC2CCCO2)n1. The van der Waals surface area contributed by atoms with Crippen molar-refractivity contribution in [3.63, 3.8) is 0 Å². The highest BCUT2D eigenvalue weighted by Gasteiger charge is 2.19. The number of hydrogen-bond acceptors (Lipinski definition) is 5. The van der Waals surface area contributed by atoms with Gasteiger partial charge in [-0.2, -0.15) is 0 Å². The van der Waals surface area contributed by atoms with Gasteiger partial charge in [0.05, 0.1) is 6.10 Å². The summed E-state index contributed by atoms with van der Waals surface area (Å²) in [6, 6.07) is 2.22. The Morgan fingerprint density at radius 1 is 1.27 bits per heavy atom. The highest BCUT2D eigenvalue weighted by molar-refractivity contribution is 5.92. The molecule has 1 aromatic heterocycles. The minimum atomic E-state index is -0.157. The molecule has 2 aliphatic rings. The van der Waals surface area contributed by atoms with Crippen molar-refractivity contribution in [3.05, 3.63) is 17.6 Å². The van der Waals surface area contributed by atoms with Crippen LogP contribution in [0.15, 0.2) is 6.07 Å². The number of aryl methyl sites for hydroxylation is 1. The second-order valence-electron chi connectivity index (χ2n) is 6.16. The first-order valence-electron chi connectivity index (χ1n) is 8.23. The third-order valence-electron chi connectivity index (χ3n) is 4.29. The van der Waals surface area contributed by atoms with Gasteiger partial charge in [0.25, 0.3) is 5.91 Å². The van der Waals surface area contributed by atoms with Crippen LogP contribution < -0.4 is 10.6 Å². The molecule has 1 aliphatic heterocycles. The van der Waals surface area contributed by atoms with Gasteiger partial charge in [0.1, 0.15) is 17.3 Å². The van der Waals surface area contributed by atoms with Crippen molar-refractivity contribution < 1.29 is 9.53 Å². The zero-order valence-electron chi connectivity index (χ0n) is 13.1. The van der Waals surface area contributed by atoms with Crippen LogP contribution in [0.1, 0.15) is 54.8 Å². The maximum absolute atomic E-state index is 12.3. The standard InChI is InChI=1S/C16H24N4O2/c1-11-18-14(16(21)17-10-13-7-4-8-22-13)9-15(19-11)20-12-5-2-3-6-12/h9,12-13H,2-8,10H2,1H3,(H,17,21)(H,18,19,20). The summed E-state index contributed by atoms with van der Waals surface area (Å²) in [5.74, 6) is 1.21.